The third-order valence-corrected chi connectivity index (χ3v) is 3.01. The Bertz CT molecular complexity index is 302. The van der Waals surface area contributed by atoms with Crippen LogP contribution < -0.4 is 0 Å². The molecular formula is C12H22N2O4. The molecule has 0 aromatic heterocycles. The molecule has 104 valence electrons. The maximum atomic E-state index is 12.3. The molecule has 1 aliphatic carbocycles. The first-order valence-corrected chi connectivity index (χ1v) is 6.37. The van der Waals surface area contributed by atoms with E-state index >= 15 is 0 Å². The standard InChI is InChI=1S/C12H22N2O4/c1-9(2)13(7-8-15)12(18)14(10-3-4-10)6-5-11(16)17/h9-10,15H,3-8H2,1-2H3,(H,16,17). The minimum absolute atomic E-state index is 0.00396. The number of aliphatic carboxylic acids is 1. The highest BCUT2D eigenvalue weighted by Crippen LogP contribution is 2.28. The van der Waals surface area contributed by atoms with E-state index in [0.29, 0.717) is 0 Å². The summed E-state index contributed by atoms with van der Waals surface area (Å²) in [5.41, 5.74) is 0. The van der Waals surface area contributed by atoms with E-state index in [-0.39, 0.29) is 44.2 Å². The summed E-state index contributed by atoms with van der Waals surface area (Å²) in [5.74, 6) is -0.897. The number of carbonyl (C=O) groups is 2. The van der Waals surface area contributed by atoms with Crippen LogP contribution >= 0.6 is 0 Å². The van der Waals surface area contributed by atoms with Crippen LogP contribution in [-0.2, 0) is 4.79 Å². The van der Waals surface area contributed by atoms with Crippen molar-refractivity contribution in [2.75, 3.05) is 19.7 Å². The molecule has 0 heterocycles. The summed E-state index contributed by atoms with van der Waals surface area (Å²) in [7, 11) is 0. The molecule has 2 N–H and O–H groups in total. The van der Waals surface area contributed by atoms with Crippen LogP contribution in [0.3, 0.4) is 0 Å². The van der Waals surface area contributed by atoms with Gasteiger partial charge in [-0.3, -0.25) is 4.79 Å². The van der Waals surface area contributed by atoms with Gasteiger partial charge in [-0.15, -0.1) is 0 Å². The molecule has 0 atom stereocenters. The SMILES string of the molecule is CC(C)N(CCO)C(=O)N(CCC(=O)O)C1CC1. The van der Waals surface area contributed by atoms with Crippen molar-refractivity contribution in [2.45, 2.75) is 45.2 Å². The van der Waals surface area contributed by atoms with Crippen molar-refractivity contribution in [2.24, 2.45) is 0 Å². The molecule has 0 spiro atoms. The molecule has 1 fully saturated rings. The molecule has 0 aliphatic heterocycles. The Morgan fingerprint density at radius 2 is 1.89 bits per heavy atom. The van der Waals surface area contributed by atoms with Gasteiger partial charge in [-0.05, 0) is 26.7 Å². The van der Waals surface area contributed by atoms with E-state index in [0.717, 1.165) is 12.8 Å². The molecule has 1 aliphatic rings. The molecule has 1 saturated carbocycles. The predicted octanol–water partition coefficient (Wildman–Crippen LogP) is 0.748. The van der Waals surface area contributed by atoms with Crippen LogP contribution in [0.5, 0.6) is 0 Å². The van der Waals surface area contributed by atoms with Gasteiger partial charge in [0.1, 0.15) is 0 Å². The van der Waals surface area contributed by atoms with Crippen LogP contribution in [-0.4, -0.2) is 63.8 Å². The van der Waals surface area contributed by atoms with Crippen LogP contribution in [0.25, 0.3) is 0 Å². The Morgan fingerprint density at radius 1 is 1.28 bits per heavy atom. The third kappa shape index (κ3) is 4.18. The Balaban J connectivity index is 2.64. The maximum Gasteiger partial charge on any atom is 0.320 e. The van der Waals surface area contributed by atoms with Crippen LogP contribution in [0.2, 0.25) is 0 Å². The van der Waals surface area contributed by atoms with E-state index in [1.54, 1.807) is 9.80 Å². The zero-order chi connectivity index (χ0) is 13.7. The van der Waals surface area contributed by atoms with Gasteiger partial charge >= 0.3 is 12.0 Å². The average Bonchev–Trinajstić information content (AvgIpc) is 3.09. The number of hydrogen-bond acceptors (Lipinski definition) is 3. The van der Waals surface area contributed by atoms with Crippen LogP contribution in [0, 0.1) is 0 Å². The fourth-order valence-corrected chi connectivity index (χ4v) is 1.88. The van der Waals surface area contributed by atoms with Crippen molar-refractivity contribution < 1.29 is 19.8 Å². The molecule has 2 amide bonds. The lowest BCUT2D eigenvalue weighted by molar-refractivity contribution is -0.137. The number of carbonyl (C=O) groups excluding carboxylic acids is 1. The number of urea groups is 1. The lowest BCUT2D eigenvalue weighted by atomic mass is 10.3. The number of carboxylic acid groups (broad SMARTS) is 1. The van der Waals surface area contributed by atoms with Gasteiger partial charge in [-0.2, -0.15) is 0 Å². The second-order valence-electron chi connectivity index (χ2n) is 4.86. The van der Waals surface area contributed by atoms with Gasteiger partial charge in [0.25, 0.3) is 0 Å². The maximum absolute atomic E-state index is 12.3. The van der Waals surface area contributed by atoms with Crippen molar-refractivity contribution in [1.29, 1.82) is 0 Å². The number of hydrogen-bond donors (Lipinski definition) is 2. The number of aliphatic hydroxyl groups excluding tert-OH is 1. The third-order valence-electron chi connectivity index (χ3n) is 3.01. The molecule has 0 saturated heterocycles. The van der Waals surface area contributed by atoms with Crippen molar-refractivity contribution in [1.82, 2.24) is 9.80 Å². The van der Waals surface area contributed by atoms with Crippen molar-refractivity contribution in [3.8, 4) is 0 Å². The molecule has 0 aromatic carbocycles. The van der Waals surface area contributed by atoms with Gasteiger partial charge in [-0.1, -0.05) is 0 Å². The summed E-state index contributed by atoms with van der Waals surface area (Å²) in [6.07, 6.45) is 1.85. The number of nitrogens with zero attached hydrogens (tertiary/aromatic N) is 2. The van der Waals surface area contributed by atoms with Gasteiger partial charge in [0.2, 0.25) is 0 Å². The van der Waals surface area contributed by atoms with Gasteiger partial charge in [0.15, 0.2) is 0 Å². The summed E-state index contributed by atoms with van der Waals surface area (Å²) < 4.78 is 0. The highest BCUT2D eigenvalue weighted by Gasteiger charge is 2.35. The summed E-state index contributed by atoms with van der Waals surface area (Å²) in [4.78, 5) is 26.1. The molecule has 1 rings (SSSR count). The molecule has 6 heteroatoms. The van der Waals surface area contributed by atoms with Gasteiger partial charge in [0.05, 0.1) is 13.0 Å². The topological polar surface area (TPSA) is 81.1 Å². The molecule has 0 bridgehead atoms. The Hall–Kier alpha value is -1.30. The minimum Gasteiger partial charge on any atom is -0.481 e. The average molecular weight is 258 g/mol. The second kappa shape index (κ2) is 6.58. The highest BCUT2D eigenvalue weighted by molar-refractivity contribution is 5.76. The molecule has 0 radical (unpaired) electrons. The number of rotatable bonds is 7. The number of aliphatic hydroxyl groups is 1. The van der Waals surface area contributed by atoms with Gasteiger partial charge < -0.3 is 20.0 Å². The van der Waals surface area contributed by atoms with Crippen molar-refractivity contribution in [3.05, 3.63) is 0 Å². The van der Waals surface area contributed by atoms with Crippen LogP contribution in [0.1, 0.15) is 33.1 Å². The fraction of sp³-hybridized carbons (Fsp3) is 0.833. The van der Waals surface area contributed by atoms with Gasteiger partial charge in [-0.25, -0.2) is 4.79 Å². The number of amides is 2. The van der Waals surface area contributed by atoms with Crippen LogP contribution in [0.4, 0.5) is 4.79 Å². The molecule has 0 aromatic rings. The quantitative estimate of drug-likeness (QED) is 0.706. The molecule has 18 heavy (non-hydrogen) atoms. The monoisotopic (exact) mass is 258 g/mol. The van der Waals surface area contributed by atoms with Gasteiger partial charge in [0, 0.05) is 25.2 Å². The predicted molar refractivity (Wildman–Crippen MR) is 66.3 cm³/mol. The van der Waals surface area contributed by atoms with E-state index in [1.807, 2.05) is 13.8 Å². The van der Waals surface area contributed by atoms with Crippen molar-refractivity contribution >= 4 is 12.0 Å². The van der Waals surface area contributed by atoms with Crippen molar-refractivity contribution in [3.63, 3.8) is 0 Å². The Morgan fingerprint density at radius 3 is 2.28 bits per heavy atom. The highest BCUT2D eigenvalue weighted by atomic mass is 16.4. The molecule has 0 unspecified atom stereocenters. The van der Waals surface area contributed by atoms with E-state index < -0.39 is 5.97 Å². The Kier molecular flexibility index (Phi) is 5.40. The molecule has 6 nitrogen and oxygen atoms in total. The lowest BCUT2D eigenvalue weighted by Gasteiger charge is -2.32. The van der Waals surface area contributed by atoms with E-state index in [1.165, 1.54) is 0 Å². The summed E-state index contributed by atoms with van der Waals surface area (Å²) >= 11 is 0. The Labute approximate surface area is 107 Å². The zero-order valence-electron chi connectivity index (χ0n) is 11.0. The van der Waals surface area contributed by atoms with E-state index in [2.05, 4.69) is 0 Å². The summed E-state index contributed by atoms with van der Waals surface area (Å²) in [5, 5.41) is 17.7. The largest absolute Gasteiger partial charge is 0.481 e. The smallest absolute Gasteiger partial charge is 0.320 e. The minimum atomic E-state index is -0.897. The zero-order valence-corrected chi connectivity index (χ0v) is 11.0. The molecular weight excluding hydrogens is 236 g/mol. The van der Waals surface area contributed by atoms with Crippen LogP contribution in [0.15, 0.2) is 0 Å². The summed E-state index contributed by atoms with van der Waals surface area (Å²) in [6, 6.07) is 0.00956. The first kappa shape index (κ1) is 14.8. The first-order chi connectivity index (χ1) is 8.47. The normalized spacial score (nSPS) is 14.7. The number of carboxylic acids is 1. The first-order valence-electron chi connectivity index (χ1n) is 6.37. The second-order valence-corrected chi connectivity index (χ2v) is 4.86. The van der Waals surface area contributed by atoms with E-state index in [9.17, 15) is 9.59 Å². The van der Waals surface area contributed by atoms with E-state index in [4.69, 9.17) is 10.2 Å². The summed E-state index contributed by atoms with van der Waals surface area (Å²) in [6.45, 7) is 4.22. The lowest BCUT2D eigenvalue weighted by Crippen LogP contribution is -2.49. The fourth-order valence-electron chi connectivity index (χ4n) is 1.88.